The molecule has 8 aliphatic rings. The zero-order valence-electron chi connectivity index (χ0n) is 18.0. The lowest BCUT2D eigenvalue weighted by atomic mass is 9.39. The maximum Gasteiger partial charge on any atom is 0.00381 e. The largest absolute Gasteiger partial charge is 0.0851 e. The molecule has 8 rings (SSSR count). The van der Waals surface area contributed by atoms with Crippen molar-refractivity contribution in [3.63, 3.8) is 0 Å². The molecule has 0 N–H and O–H groups in total. The Morgan fingerprint density at radius 2 is 1.57 bits per heavy atom. The maximum absolute atomic E-state index is 2.65. The van der Waals surface area contributed by atoms with Gasteiger partial charge in [-0.2, -0.15) is 0 Å². The second-order valence-corrected chi connectivity index (χ2v) is 12.6. The van der Waals surface area contributed by atoms with Crippen molar-refractivity contribution < 1.29 is 0 Å². The molecule has 0 heterocycles. The Bertz CT molecular complexity index is 756. The number of fused-ring (bicyclic) bond motifs is 2. The van der Waals surface area contributed by atoms with Gasteiger partial charge in [-0.1, -0.05) is 43.7 Å². The van der Waals surface area contributed by atoms with Crippen LogP contribution >= 0.6 is 0 Å². The van der Waals surface area contributed by atoms with E-state index in [9.17, 15) is 0 Å². The fraction of sp³-hybridized carbons (Fsp3) is 0.786. The first-order valence-electron chi connectivity index (χ1n) is 12.7. The van der Waals surface area contributed by atoms with Crippen LogP contribution in [0.5, 0.6) is 0 Å². The molecule has 5 saturated carbocycles. The summed E-state index contributed by atoms with van der Waals surface area (Å²) in [4.78, 5) is 0. The SMILES string of the molecule is CC(C)C1(C23CC4CC(CC(C4)C2)C3)CC(C2CC3C=CC2C3)C2=C1C=CC2. The molecular weight excluding hydrogens is 336 g/mol. The summed E-state index contributed by atoms with van der Waals surface area (Å²) in [5.74, 6) is 7.71. The molecule has 0 aromatic rings. The Labute approximate surface area is 171 Å². The van der Waals surface area contributed by atoms with E-state index in [1.807, 2.05) is 11.1 Å². The van der Waals surface area contributed by atoms with E-state index in [0.29, 0.717) is 10.8 Å². The Morgan fingerprint density at radius 1 is 0.857 bits per heavy atom. The predicted molar refractivity (Wildman–Crippen MR) is 116 cm³/mol. The molecule has 0 aliphatic heterocycles. The van der Waals surface area contributed by atoms with Gasteiger partial charge in [0, 0.05) is 5.41 Å². The Morgan fingerprint density at radius 3 is 2.14 bits per heavy atom. The molecule has 8 aliphatic carbocycles. The second kappa shape index (κ2) is 5.47. The molecule has 0 aromatic heterocycles. The van der Waals surface area contributed by atoms with Gasteiger partial charge in [0.25, 0.3) is 0 Å². The number of hydrogen-bond acceptors (Lipinski definition) is 0. The lowest BCUT2D eigenvalue weighted by molar-refractivity contribution is -0.136. The molecule has 5 fully saturated rings. The third kappa shape index (κ3) is 1.94. The summed E-state index contributed by atoms with van der Waals surface area (Å²) in [6.07, 6.45) is 25.6. The third-order valence-corrected chi connectivity index (χ3v) is 11.3. The highest BCUT2D eigenvalue weighted by Gasteiger charge is 2.65. The minimum atomic E-state index is 0.502. The van der Waals surface area contributed by atoms with Crippen molar-refractivity contribution >= 4 is 0 Å². The molecule has 0 saturated heterocycles. The van der Waals surface area contributed by atoms with Gasteiger partial charge in [0.15, 0.2) is 0 Å². The number of hydrogen-bond donors (Lipinski definition) is 0. The summed E-state index contributed by atoms with van der Waals surface area (Å²) in [6.45, 7) is 5.22. The summed E-state index contributed by atoms with van der Waals surface area (Å²) in [5, 5.41) is 0. The summed E-state index contributed by atoms with van der Waals surface area (Å²) in [6, 6.07) is 0. The molecule has 0 radical (unpaired) electrons. The van der Waals surface area contributed by atoms with Crippen LogP contribution in [0.25, 0.3) is 0 Å². The fourth-order valence-electron chi connectivity index (χ4n) is 10.9. The van der Waals surface area contributed by atoms with Crippen LogP contribution in [0.15, 0.2) is 35.5 Å². The third-order valence-electron chi connectivity index (χ3n) is 11.3. The van der Waals surface area contributed by atoms with Crippen LogP contribution in [-0.4, -0.2) is 0 Å². The van der Waals surface area contributed by atoms with Gasteiger partial charge >= 0.3 is 0 Å². The number of rotatable bonds is 3. The molecule has 0 aromatic carbocycles. The Balaban J connectivity index is 1.34. The van der Waals surface area contributed by atoms with Crippen molar-refractivity contribution in [2.75, 3.05) is 0 Å². The predicted octanol–water partition coefficient (Wildman–Crippen LogP) is 7.33. The Hall–Kier alpha value is -0.780. The zero-order valence-corrected chi connectivity index (χ0v) is 18.0. The van der Waals surface area contributed by atoms with E-state index in [-0.39, 0.29) is 0 Å². The molecule has 5 unspecified atom stereocenters. The topological polar surface area (TPSA) is 0 Å². The van der Waals surface area contributed by atoms with E-state index in [1.165, 1.54) is 25.7 Å². The normalized spacial score (nSPS) is 55.3. The molecule has 5 atom stereocenters. The van der Waals surface area contributed by atoms with Gasteiger partial charge in [-0.3, -0.25) is 0 Å². The first-order chi connectivity index (χ1) is 13.6. The van der Waals surface area contributed by atoms with Gasteiger partial charge in [-0.25, -0.2) is 0 Å². The highest BCUT2D eigenvalue weighted by molar-refractivity contribution is 5.48. The highest BCUT2D eigenvalue weighted by Crippen LogP contribution is 2.75. The van der Waals surface area contributed by atoms with Crippen LogP contribution in [0.3, 0.4) is 0 Å². The molecule has 0 heteroatoms. The van der Waals surface area contributed by atoms with Gasteiger partial charge in [0.1, 0.15) is 0 Å². The van der Waals surface area contributed by atoms with Gasteiger partial charge in [-0.05, 0) is 123 Å². The molecular formula is C28H38. The van der Waals surface area contributed by atoms with Gasteiger partial charge in [0.2, 0.25) is 0 Å². The van der Waals surface area contributed by atoms with Crippen molar-refractivity contribution in [2.24, 2.45) is 58.2 Å². The zero-order chi connectivity index (χ0) is 18.7. The first kappa shape index (κ1) is 17.0. The van der Waals surface area contributed by atoms with Crippen molar-refractivity contribution in [3.8, 4) is 0 Å². The lowest BCUT2D eigenvalue weighted by Crippen LogP contribution is -2.56. The van der Waals surface area contributed by atoms with Gasteiger partial charge < -0.3 is 0 Å². The van der Waals surface area contributed by atoms with E-state index >= 15 is 0 Å². The molecule has 28 heavy (non-hydrogen) atoms. The summed E-state index contributed by atoms with van der Waals surface area (Å²) in [5.41, 5.74) is 4.96. The van der Waals surface area contributed by atoms with E-state index < -0.39 is 0 Å². The van der Waals surface area contributed by atoms with Crippen LogP contribution in [0.1, 0.15) is 78.1 Å². The molecule has 0 nitrogen and oxygen atoms in total. The quantitative estimate of drug-likeness (QED) is 0.453. The number of allylic oxidation sites excluding steroid dienone is 6. The van der Waals surface area contributed by atoms with Crippen LogP contribution in [0.2, 0.25) is 0 Å². The summed E-state index contributed by atoms with van der Waals surface area (Å²) < 4.78 is 0. The van der Waals surface area contributed by atoms with E-state index in [4.69, 9.17) is 0 Å². The van der Waals surface area contributed by atoms with Crippen LogP contribution in [-0.2, 0) is 0 Å². The van der Waals surface area contributed by atoms with Crippen molar-refractivity contribution in [2.45, 2.75) is 78.1 Å². The van der Waals surface area contributed by atoms with Crippen molar-refractivity contribution in [1.29, 1.82) is 0 Å². The van der Waals surface area contributed by atoms with Crippen LogP contribution < -0.4 is 0 Å². The first-order valence-corrected chi connectivity index (χ1v) is 12.7. The molecule has 150 valence electrons. The Kier molecular flexibility index (Phi) is 3.31. The summed E-state index contributed by atoms with van der Waals surface area (Å²) >= 11 is 0. The second-order valence-electron chi connectivity index (χ2n) is 12.6. The monoisotopic (exact) mass is 374 g/mol. The van der Waals surface area contributed by atoms with E-state index in [0.717, 1.165) is 47.3 Å². The van der Waals surface area contributed by atoms with Crippen LogP contribution in [0, 0.1) is 58.2 Å². The average Bonchev–Trinajstić information content (AvgIpc) is 3.41. The van der Waals surface area contributed by atoms with Gasteiger partial charge in [0.05, 0.1) is 0 Å². The van der Waals surface area contributed by atoms with E-state index in [1.54, 1.807) is 38.5 Å². The minimum Gasteiger partial charge on any atom is -0.0851 e. The van der Waals surface area contributed by atoms with Crippen LogP contribution in [0.4, 0.5) is 0 Å². The smallest absolute Gasteiger partial charge is 0.00381 e. The molecule has 0 amide bonds. The minimum absolute atomic E-state index is 0.502. The average molecular weight is 375 g/mol. The van der Waals surface area contributed by atoms with E-state index in [2.05, 4.69) is 38.2 Å². The highest BCUT2D eigenvalue weighted by atomic mass is 14.7. The fourth-order valence-corrected chi connectivity index (χ4v) is 10.9. The van der Waals surface area contributed by atoms with Crippen molar-refractivity contribution in [3.05, 3.63) is 35.5 Å². The lowest BCUT2D eigenvalue weighted by Gasteiger charge is -2.65. The maximum atomic E-state index is 2.65. The molecule has 0 spiro atoms. The molecule has 6 bridgehead atoms. The van der Waals surface area contributed by atoms with Crippen molar-refractivity contribution in [1.82, 2.24) is 0 Å². The standard InChI is InChI=1S/C28H38/c1-17(2)28(27-13-19-8-20(14-27)10-21(9-19)15-27)16-25(23-4-3-5-26(23)28)24-12-18-6-7-22(24)11-18/h3,5-7,17-22,24-25H,4,8-16H2,1-2H3. The van der Waals surface area contributed by atoms with Gasteiger partial charge in [-0.15, -0.1) is 0 Å². The summed E-state index contributed by atoms with van der Waals surface area (Å²) in [7, 11) is 0.